The lowest BCUT2D eigenvalue weighted by Gasteiger charge is -2.30. The van der Waals surface area contributed by atoms with Crippen molar-refractivity contribution < 1.29 is 34.5 Å². The van der Waals surface area contributed by atoms with Crippen molar-refractivity contribution in [2.24, 2.45) is 5.73 Å². The van der Waals surface area contributed by atoms with Gasteiger partial charge in [0, 0.05) is 19.5 Å². The van der Waals surface area contributed by atoms with Gasteiger partial charge >= 0.3 is 5.97 Å². The van der Waals surface area contributed by atoms with Gasteiger partial charge in [-0.2, -0.15) is 0 Å². The van der Waals surface area contributed by atoms with Crippen LogP contribution < -0.4 is 11.1 Å². The number of phenols is 2. The first-order valence-corrected chi connectivity index (χ1v) is 13.1. The van der Waals surface area contributed by atoms with Crippen LogP contribution >= 0.6 is 0 Å². The third-order valence-electron chi connectivity index (χ3n) is 7.36. The fourth-order valence-corrected chi connectivity index (χ4v) is 5.31. The highest BCUT2D eigenvalue weighted by atomic mass is 16.4. The summed E-state index contributed by atoms with van der Waals surface area (Å²) in [6, 6.07) is 8.89. The van der Waals surface area contributed by atoms with Crippen LogP contribution in [0.1, 0.15) is 36.8 Å². The van der Waals surface area contributed by atoms with Gasteiger partial charge in [-0.3, -0.25) is 14.4 Å². The molecule has 2 aromatic rings. The van der Waals surface area contributed by atoms with Crippen molar-refractivity contribution >= 4 is 23.7 Å². The van der Waals surface area contributed by atoms with Crippen LogP contribution in [0.25, 0.3) is 0 Å². The summed E-state index contributed by atoms with van der Waals surface area (Å²) in [4.78, 5) is 54.6. The molecule has 4 rings (SSSR count). The zero-order chi connectivity index (χ0) is 28.1. The minimum atomic E-state index is -1.09. The fraction of sp³-hybridized carbons (Fsp3) is 0.429. The standard InChI is InChI=1S/C28H34N4O7/c29-21(15-17-5-9-19(33)10-6-17)26(36)31-13-1-3-23(31)25(35)30-22(16-18-7-11-20(34)12-8-18)27(37)32-14-2-4-24(32)28(38)39/h5-12,21-24,33-34H,1-4,13-16,29H2,(H,30,35)(H,38,39). The molecule has 2 fully saturated rings. The Labute approximate surface area is 226 Å². The van der Waals surface area contributed by atoms with Crippen molar-refractivity contribution in [1.82, 2.24) is 15.1 Å². The fourth-order valence-electron chi connectivity index (χ4n) is 5.31. The number of likely N-dealkylation sites (tertiary alicyclic amines) is 2. The molecule has 2 aromatic carbocycles. The van der Waals surface area contributed by atoms with E-state index in [9.17, 15) is 34.5 Å². The van der Waals surface area contributed by atoms with Crippen LogP contribution in [-0.4, -0.2) is 86.1 Å². The van der Waals surface area contributed by atoms with Crippen LogP contribution in [0.2, 0.25) is 0 Å². The Morgan fingerprint density at radius 2 is 1.28 bits per heavy atom. The first-order valence-electron chi connectivity index (χ1n) is 13.1. The number of nitrogens with one attached hydrogen (secondary N) is 1. The van der Waals surface area contributed by atoms with E-state index in [1.165, 1.54) is 34.1 Å². The van der Waals surface area contributed by atoms with Crippen LogP contribution in [0.5, 0.6) is 11.5 Å². The van der Waals surface area contributed by atoms with Crippen LogP contribution in [-0.2, 0) is 32.0 Å². The quantitative estimate of drug-likeness (QED) is 0.311. The molecule has 208 valence electrons. The number of nitrogens with zero attached hydrogens (tertiary/aromatic N) is 2. The van der Waals surface area contributed by atoms with E-state index in [-0.39, 0.29) is 36.8 Å². The number of phenolic OH excluding ortho intramolecular Hbond substituents is 2. The lowest BCUT2D eigenvalue weighted by atomic mass is 10.0. The predicted octanol–water partition coefficient (Wildman–Crippen LogP) is 0.762. The lowest BCUT2D eigenvalue weighted by molar-refractivity contribution is -0.149. The van der Waals surface area contributed by atoms with Gasteiger partial charge in [-0.1, -0.05) is 24.3 Å². The van der Waals surface area contributed by atoms with E-state index in [1.54, 1.807) is 24.3 Å². The molecule has 4 unspecified atom stereocenters. The molecule has 11 nitrogen and oxygen atoms in total. The molecule has 0 aliphatic carbocycles. The Bertz CT molecular complexity index is 1200. The molecule has 2 aliphatic heterocycles. The predicted molar refractivity (Wildman–Crippen MR) is 141 cm³/mol. The summed E-state index contributed by atoms with van der Waals surface area (Å²) in [6.07, 6.45) is 2.22. The van der Waals surface area contributed by atoms with Gasteiger partial charge in [0.15, 0.2) is 0 Å². The summed E-state index contributed by atoms with van der Waals surface area (Å²) in [6.45, 7) is 0.627. The molecule has 3 amide bonds. The molecular weight excluding hydrogens is 504 g/mol. The molecule has 0 bridgehead atoms. The van der Waals surface area contributed by atoms with E-state index in [2.05, 4.69) is 5.32 Å². The minimum Gasteiger partial charge on any atom is -0.508 e. The number of hydrogen-bond donors (Lipinski definition) is 5. The number of carboxylic acid groups (broad SMARTS) is 1. The molecule has 0 radical (unpaired) electrons. The summed E-state index contributed by atoms with van der Waals surface area (Å²) in [7, 11) is 0. The molecule has 0 saturated carbocycles. The number of benzene rings is 2. The van der Waals surface area contributed by atoms with Crippen LogP contribution in [0.15, 0.2) is 48.5 Å². The van der Waals surface area contributed by atoms with Gasteiger partial charge in [0.05, 0.1) is 6.04 Å². The van der Waals surface area contributed by atoms with Crippen LogP contribution in [0.4, 0.5) is 0 Å². The maximum atomic E-state index is 13.5. The highest BCUT2D eigenvalue weighted by Crippen LogP contribution is 2.23. The second kappa shape index (κ2) is 12.2. The molecule has 0 spiro atoms. The Balaban J connectivity index is 1.48. The van der Waals surface area contributed by atoms with E-state index in [4.69, 9.17) is 5.73 Å². The molecule has 2 saturated heterocycles. The Kier molecular flexibility index (Phi) is 8.70. The molecule has 0 aromatic heterocycles. The second-order valence-corrected chi connectivity index (χ2v) is 10.1. The minimum absolute atomic E-state index is 0.0555. The van der Waals surface area contributed by atoms with E-state index >= 15 is 0 Å². The van der Waals surface area contributed by atoms with Crippen molar-refractivity contribution in [3.8, 4) is 11.5 Å². The smallest absolute Gasteiger partial charge is 0.326 e. The van der Waals surface area contributed by atoms with Crippen LogP contribution in [0.3, 0.4) is 0 Å². The number of carboxylic acids is 1. The molecule has 2 aliphatic rings. The Hall–Kier alpha value is -4.12. The SMILES string of the molecule is NC(Cc1ccc(O)cc1)C(=O)N1CCCC1C(=O)NC(Cc1ccc(O)cc1)C(=O)N1CCCC1C(=O)O. The van der Waals surface area contributed by atoms with Gasteiger partial charge in [-0.25, -0.2) is 4.79 Å². The van der Waals surface area contributed by atoms with Crippen molar-refractivity contribution in [3.63, 3.8) is 0 Å². The molecule has 39 heavy (non-hydrogen) atoms. The van der Waals surface area contributed by atoms with E-state index in [1.807, 2.05) is 0 Å². The largest absolute Gasteiger partial charge is 0.508 e. The normalized spacial score (nSPS) is 20.4. The summed E-state index contributed by atoms with van der Waals surface area (Å²) < 4.78 is 0. The maximum absolute atomic E-state index is 13.5. The first-order chi connectivity index (χ1) is 18.6. The molecule has 6 N–H and O–H groups in total. The van der Waals surface area contributed by atoms with Crippen molar-refractivity contribution in [3.05, 3.63) is 59.7 Å². The van der Waals surface area contributed by atoms with Crippen molar-refractivity contribution in [1.29, 1.82) is 0 Å². The van der Waals surface area contributed by atoms with Gasteiger partial charge in [0.2, 0.25) is 17.7 Å². The lowest BCUT2D eigenvalue weighted by Crippen LogP contribution is -2.57. The Morgan fingerprint density at radius 1 is 0.795 bits per heavy atom. The van der Waals surface area contributed by atoms with E-state index in [0.717, 1.165) is 5.56 Å². The molecule has 2 heterocycles. The van der Waals surface area contributed by atoms with E-state index in [0.29, 0.717) is 37.8 Å². The summed E-state index contributed by atoms with van der Waals surface area (Å²) in [5.41, 5.74) is 7.64. The third kappa shape index (κ3) is 6.66. The monoisotopic (exact) mass is 538 g/mol. The zero-order valence-electron chi connectivity index (χ0n) is 21.5. The molecular formula is C28H34N4O7. The van der Waals surface area contributed by atoms with Gasteiger partial charge in [0.1, 0.15) is 29.6 Å². The summed E-state index contributed by atoms with van der Waals surface area (Å²) in [5, 5.41) is 31.5. The zero-order valence-corrected chi connectivity index (χ0v) is 21.5. The Morgan fingerprint density at radius 3 is 1.82 bits per heavy atom. The van der Waals surface area contributed by atoms with Crippen LogP contribution in [0, 0.1) is 0 Å². The number of carbonyl (C=O) groups is 4. The molecule has 11 heteroatoms. The van der Waals surface area contributed by atoms with Gasteiger partial charge in [-0.05, 0) is 67.5 Å². The van der Waals surface area contributed by atoms with Crippen molar-refractivity contribution in [2.45, 2.75) is 62.7 Å². The number of aromatic hydroxyl groups is 2. The summed E-state index contributed by atoms with van der Waals surface area (Å²) >= 11 is 0. The number of nitrogens with two attached hydrogens (primary N) is 1. The van der Waals surface area contributed by atoms with Crippen molar-refractivity contribution in [2.75, 3.05) is 13.1 Å². The third-order valence-corrected chi connectivity index (χ3v) is 7.36. The van der Waals surface area contributed by atoms with E-state index < -0.39 is 42.0 Å². The average molecular weight is 539 g/mol. The number of hydrogen-bond acceptors (Lipinski definition) is 7. The average Bonchev–Trinajstić information content (AvgIpc) is 3.60. The number of amides is 3. The maximum Gasteiger partial charge on any atom is 0.326 e. The summed E-state index contributed by atoms with van der Waals surface area (Å²) in [5.74, 6) is -2.31. The number of carbonyl (C=O) groups excluding carboxylic acids is 3. The van der Waals surface area contributed by atoms with Gasteiger partial charge < -0.3 is 36.2 Å². The first kappa shape index (κ1) is 27.9. The topological polar surface area (TPSA) is 174 Å². The highest BCUT2D eigenvalue weighted by molar-refractivity contribution is 5.94. The van der Waals surface area contributed by atoms with Gasteiger partial charge in [0.25, 0.3) is 0 Å². The second-order valence-electron chi connectivity index (χ2n) is 10.1. The number of rotatable bonds is 9. The van der Waals surface area contributed by atoms with Gasteiger partial charge in [-0.15, -0.1) is 0 Å². The number of aliphatic carboxylic acids is 1. The highest BCUT2D eigenvalue weighted by Gasteiger charge is 2.41. The molecule has 4 atom stereocenters.